The van der Waals surface area contributed by atoms with Crippen molar-refractivity contribution in [3.05, 3.63) is 48.6 Å². The molecule has 0 saturated heterocycles. The summed E-state index contributed by atoms with van der Waals surface area (Å²) >= 11 is 0. The van der Waals surface area contributed by atoms with E-state index in [0.717, 1.165) is 38.5 Å². The lowest BCUT2D eigenvalue weighted by atomic mass is 10.0. The van der Waals surface area contributed by atoms with Crippen molar-refractivity contribution in [2.75, 3.05) is 6.61 Å². The molecule has 0 bridgehead atoms. The van der Waals surface area contributed by atoms with Crippen LogP contribution in [0.5, 0.6) is 0 Å². The molecule has 0 saturated carbocycles. The zero-order valence-corrected chi connectivity index (χ0v) is 39.8. The van der Waals surface area contributed by atoms with Crippen LogP contribution in [-0.2, 0) is 4.79 Å². The molecule has 0 spiro atoms. The van der Waals surface area contributed by atoms with Gasteiger partial charge in [0, 0.05) is 6.42 Å². The molecule has 0 heterocycles. The van der Waals surface area contributed by atoms with Crippen LogP contribution in [0.1, 0.15) is 277 Å². The summed E-state index contributed by atoms with van der Waals surface area (Å²) in [6, 6.07) is -0.645. The van der Waals surface area contributed by atoms with Gasteiger partial charge in [-0.05, 0) is 70.6 Å². The van der Waals surface area contributed by atoms with Gasteiger partial charge in [0.2, 0.25) is 5.91 Å². The summed E-state index contributed by atoms with van der Waals surface area (Å²) in [5.41, 5.74) is 0. The third-order valence-corrected chi connectivity index (χ3v) is 12.0. The van der Waals surface area contributed by atoms with Crippen LogP contribution in [0.25, 0.3) is 0 Å². The highest BCUT2D eigenvalue weighted by molar-refractivity contribution is 5.76. The predicted octanol–water partition coefficient (Wildman–Crippen LogP) is 17.1. The minimum Gasteiger partial charge on any atom is -0.394 e. The molecular weight excluding hydrogens is 723 g/mol. The topological polar surface area (TPSA) is 69.6 Å². The Hall–Kier alpha value is -1.65. The van der Waals surface area contributed by atoms with E-state index in [1.54, 1.807) is 6.08 Å². The van der Waals surface area contributed by atoms with Gasteiger partial charge in [0.15, 0.2) is 0 Å². The van der Waals surface area contributed by atoms with Crippen molar-refractivity contribution >= 4 is 5.91 Å². The second kappa shape index (κ2) is 50.7. The molecule has 3 N–H and O–H groups in total. The van der Waals surface area contributed by atoms with Crippen molar-refractivity contribution in [3.63, 3.8) is 0 Å². The molecule has 1 amide bonds. The Morgan fingerprint density at radius 1 is 0.390 bits per heavy atom. The Morgan fingerprint density at radius 2 is 0.661 bits per heavy atom. The van der Waals surface area contributed by atoms with Gasteiger partial charge in [-0.3, -0.25) is 4.79 Å². The number of unbranched alkanes of at least 4 members (excludes halogenated alkanes) is 35. The molecule has 0 aromatic rings. The minimum atomic E-state index is -0.869. The summed E-state index contributed by atoms with van der Waals surface area (Å²) < 4.78 is 0. The second-order valence-electron chi connectivity index (χ2n) is 17.9. The summed E-state index contributed by atoms with van der Waals surface area (Å²) in [6.07, 6.45) is 69.8. The summed E-state index contributed by atoms with van der Waals surface area (Å²) in [6.45, 7) is 4.29. The highest BCUT2D eigenvalue weighted by atomic mass is 16.3. The Labute approximate surface area is 369 Å². The predicted molar refractivity (Wildman–Crippen MR) is 262 cm³/mol. The van der Waals surface area contributed by atoms with E-state index >= 15 is 0 Å². The quantitative estimate of drug-likeness (QED) is 0.0423. The van der Waals surface area contributed by atoms with Crippen LogP contribution in [0.2, 0.25) is 0 Å². The molecule has 0 fully saturated rings. The molecule has 2 unspecified atom stereocenters. The highest BCUT2D eigenvalue weighted by Crippen LogP contribution is 2.16. The first kappa shape index (κ1) is 57.3. The van der Waals surface area contributed by atoms with Gasteiger partial charge in [-0.15, -0.1) is 0 Å². The van der Waals surface area contributed by atoms with Crippen LogP contribution < -0.4 is 5.32 Å². The van der Waals surface area contributed by atoms with Crippen LogP contribution in [0.15, 0.2) is 48.6 Å². The van der Waals surface area contributed by atoms with Gasteiger partial charge in [0.1, 0.15) is 0 Å². The van der Waals surface area contributed by atoms with E-state index in [1.165, 1.54) is 218 Å². The lowest BCUT2D eigenvalue weighted by Gasteiger charge is -2.19. The van der Waals surface area contributed by atoms with Crippen molar-refractivity contribution < 1.29 is 15.0 Å². The molecule has 0 aromatic carbocycles. The number of amides is 1. The molecular formula is C55H103NO3. The lowest BCUT2D eigenvalue weighted by Crippen LogP contribution is -2.45. The number of aliphatic hydroxyl groups excluding tert-OH is 2. The molecule has 0 radical (unpaired) electrons. The van der Waals surface area contributed by atoms with E-state index in [9.17, 15) is 15.0 Å². The standard InChI is InChI=1S/C55H103NO3/c1-3-5-7-9-11-13-15-17-19-20-21-22-23-24-25-26-27-28-29-30-31-32-33-34-35-37-39-41-43-45-47-49-51-55(59)56-53(52-57)54(58)50-48-46-44-42-40-38-36-18-16-14-12-10-8-6-4-2/h16,18,24-25,40,42,48,50,53-54,57-58H,3-15,17,19-23,26-39,41,43-47,49,51-52H2,1-2H3,(H,56,59)/b18-16+,25-24-,42-40+,50-48+. The number of allylic oxidation sites excluding steroid dienone is 7. The third-order valence-electron chi connectivity index (χ3n) is 12.0. The largest absolute Gasteiger partial charge is 0.394 e. The average Bonchev–Trinajstić information content (AvgIpc) is 3.24. The molecule has 0 aliphatic heterocycles. The number of carbonyl (C=O) groups excluding carboxylic acids is 1. The van der Waals surface area contributed by atoms with E-state index in [0.29, 0.717) is 6.42 Å². The van der Waals surface area contributed by atoms with Crippen molar-refractivity contribution in [2.45, 2.75) is 289 Å². The Balaban J connectivity index is 3.48. The lowest BCUT2D eigenvalue weighted by molar-refractivity contribution is -0.123. The Morgan fingerprint density at radius 3 is 0.983 bits per heavy atom. The summed E-state index contributed by atoms with van der Waals surface area (Å²) in [5.74, 6) is -0.0759. The molecule has 346 valence electrons. The monoisotopic (exact) mass is 826 g/mol. The number of hydrogen-bond donors (Lipinski definition) is 3. The third kappa shape index (κ3) is 47.3. The van der Waals surface area contributed by atoms with Crippen molar-refractivity contribution in [1.29, 1.82) is 0 Å². The Bertz CT molecular complexity index is 939. The normalized spacial score (nSPS) is 13.2. The van der Waals surface area contributed by atoms with Gasteiger partial charge in [0.25, 0.3) is 0 Å². The van der Waals surface area contributed by atoms with E-state index in [-0.39, 0.29) is 12.5 Å². The molecule has 0 aromatic heterocycles. The number of nitrogens with one attached hydrogen (secondary N) is 1. The molecule has 2 atom stereocenters. The SMILES string of the molecule is CCCCCCC/C=C/CC/C=C/CC/C=C/C(O)C(CO)NC(=O)CCCCCCCCCCCCCCCCCC/C=C\CCCCCCCCCCCCCC. The number of aliphatic hydroxyl groups is 2. The van der Waals surface area contributed by atoms with Gasteiger partial charge in [0.05, 0.1) is 18.8 Å². The number of carbonyl (C=O) groups is 1. The van der Waals surface area contributed by atoms with Crippen LogP contribution in [0, 0.1) is 0 Å². The van der Waals surface area contributed by atoms with E-state index in [4.69, 9.17) is 0 Å². The minimum absolute atomic E-state index is 0.0759. The average molecular weight is 826 g/mol. The van der Waals surface area contributed by atoms with E-state index in [1.807, 2.05) is 6.08 Å². The molecule has 4 nitrogen and oxygen atoms in total. The first-order valence-corrected chi connectivity index (χ1v) is 26.4. The van der Waals surface area contributed by atoms with E-state index in [2.05, 4.69) is 55.6 Å². The summed E-state index contributed by atoms with van der Waals surface area (Å²) in [5, 5.41) is 23.0. The van der Waals surface area contributed by atoms with Crippen LogP contribution >= 0.6 is 0 Å². The number of hydrogen-bond acceptors (Lipinski definition) is 3. The molecule has 0 rings (SSSR count). The van der Waals surface area contributed by atoms with Gasteiger partial charge < -0.3 is 15.5 Å². The van der Waals surface area contributed by atoms with Crippen LogP contribution in [-0.4, -0.2) is 34.9 Å². The summed E-state index contributed by atoms with van der Waals surface area (Å²) in [4.78, 5) is 12.4. The fraction of sp³-hybridized carbons (Fsp3) is 0.836. The molecule has 0 aliphatic rings. The maximum Gasteiger partial charge on any atom is 0.220 e. The zero-order valence-electron chi connectivity index (χ0n) is 39.8. The highest BCUT2D eigenvalue weighted by Gasteiger charge is 2.17. The van der Waals surface area contributed by atoms with Gasteiger partial charge in [-0.2, -0.15) is 0 Å². The van der Waals surface area contributed by atoms with Gasteiger partial charge in [-0.1, -0.05) is 249 Å². The smallest absolute Gasteiger partial charge is 0.220 e. The maximum absolute atomic E-state index is 12.4. The van der Waals surface area contributed by atoms with Crippen LogP contribution in [0.4, 0.5) is 0 Å². The molecule has 59 heavy (non-hydrogen) atoms. The first-order valence-electron chi connectivity index (χ1n) is 26.4. The zero-order chi connectivity index (χ0) is 42.8. The maximum atomic E-state index is 12.4. The van der Waals surface area contributed by atoms with Crippen molar-refractivity contribution in [3.8, 4) is 0 Å². The molecule has 0 aliphatic carbocycles. The van der Waals surface area contributed by atoms with Crippen LogP contribution in [0.3, 0.4) is 0 Å². The Kier molecular flexibility index (Phi) is 49.3. The fourth-order valence-electron chi connectivity index (χ4n) is 7.97. The fourth-order valence-corrected chi connectivity index (χ4v) is 7.97. The van der Waals surface area contributed by atoms with Gasteiger partial charge in [-0.25, -0.2) is 0 Å². The summed E-state index contributed by atoms with van der Waals surface area (Å²) in [7, 11) is 0. The first-order chi connectivity index (χ1) is 29.2. The van der Waals surface area contributed by atoms with Crippen molar-refractivity contribution in [2.24, 2.45) is 0 Å². The van der Waals surface area contributed by atoms with E-state index < -0.39 is 12.1 Å². The van der Waals surface area contributed by atoms with Crippen molar-refractivity contribution in [1.82, 2.24) is 5.32 Å². The number of rotatable bonds is 48. The second-order valence-corrected chi connectivity index (χ2v) is 17.9. The van der Waals surface area contributed by atoms with Gasteiger partial charge >= 0.3 is 0 Å². The molecule has 4 heteroatoms.